The van der Waals surface area contributed by atoms with Crippen molar-refractivity contribution in [1.82, 2.24) is 9.97 Å². The van der Waals surface area contributed by atoms with E-state index in [1.54, 1.807) is 18.6 Å². The summed E-state index contributed by atoms with van der Waals surface area (Å²) in [5.74, 6) is -0.221. The first-order valence-corrected chi connectivity index (χ1v) is 7.58. The van der Waals surface area contributed by atoms with Gasteiger partial charge in [-0.3, -0.25) is 14.8 Å². The van der Waals surface area contributed by atoms with Gasteiger partial charge in [-0.15, -0.1) is 0 Å². The first-order valence-electron chi connectivity index (χ1n) is 7.58. The third-order valence-corrected chi connectivity index (χ3v) is 3.83. The van der Waals surface area contributed by atoms with Gasteiger partial charge >= 0.3 is 0 Å². The fourth-order valence-electron chi connectivity index (χ4n) is 2.60. The number of hydrogen-bond acceptors (Lipinski definition) is 5. The van der Waals surface area contributed by atoms with Crippen LogP contribution in [0, 0.1) is 0 Å². The Morgan fingerprint density at radius 3 is 2.96 bits per heavy atom. The van der Waals surface area contributed by atoms with Gasteiger partial charge in [-0.1, -0.05) is 11.2 Å². The number of rotatable bonds is 3. The number of carbonyl (C=O) groups excluding carboxylic acids is 1. The normalized spacial score (nSPS) is 16.5. The summed E-state index contributed by atoms with van der Waals surface area (Å²) in [6.45, 7) is 0. The van der Waals surface area contributed by atoms with Crippen molar-refractivity contribution in [3.05, 3.63) is 66.6 Å². The van der Waals surface area contributed by atoms with E-state index in [-0.39, 0.29) is 5.91 Å². The van der Waals surface area contributed by atoms with Crippen LogP contribution in [0.4, 0.5) is 5.69 Å². The maximum absolute atomic E-state index is 12.4. The molecule has 4 rings (SSSR count). The van der Waals surface area contributed by atoms with Crippen LogP contribution in [0.2, 0.25) is 0 Å². The predicted molar refractivity (Wildman–Crippen MR) is 90.6 cm³/mol. The first-order chi connectivity index (χ1) is 11.8. The number of nitrogens with one attached hydrogen (secondary N) is 1. The van der Waals surface area contributed by atoms with Gasteiger partial charge in [-0.05, 0) is 36.4 Å². The Hall–Kier alpha value is -3.28. The molecule has 0 radical (unpaired) electrons. The highest BCUT2D eigenvalue weighted by Crippen LogP contribution is 2.20. The quantitative estimate of drug-likeness (QED) is 0.805. The van der Waals surface area contributed by atoms with E-state index in [0.717, 1.165) is 22.2 Å². The second kappa shape index (κ2) is 6.08. The maximum atomic E-state index is 12.4. The van der Waals surface area contributed by atoms with Gasteiger partial charge in [0.1, 0.15) is 0 Å². The molecule has 0 saturated heterocycles. The number of aromatic nitrogens is 2. The number of carbonyl (C=O) groups is 1. The minimum Gasteiger partial charge on any atom is -0.382 e. The second-order valence-corrected chi connectivity index (χ2v) is 5.48. The molecular formula is C18H14N4O2. The molecule has 3 aromatic rings. The Bertz CT molecular complexity index is 924. The topological polar surface area (TPSA) is 76.5 Å². The lowest BCUT2D eigenvalue weighted by Gasteiger charge is -2.10. The van der Waals surface area contributed by atoms with Gasteiger partial charge in [0, 0.05) is 41.6 Å². The first kappa shape index (κ1) is 14.3. The average Bonchev–Trinajstić information content (AvgIpc) is 3.13. The molecule has 0 fully saturated rings. The molecule has 1 amide bonds. The lowest BCUT2D eigenvalue weighted by Crippen LogP contribution is -2.28. The summed E-state index contributed by atoms with van der Waals surface area (Å²) < 4.78 is 0. The van der Waals surface area contributed by atoms with Gasteiger partial charge in [0.15, 0.2) is 0 Å². The molecule has 6 nitrogen and oxygen atoms in total. The van der Waals surface area contributed by atoms with Crippen LogP contribution in [0.15, 0.2) is 66.2 Å². The zero-order valence-electron chi connectivity index (χ0n) is 12.7. The third kappa shape index (κ3) is 2.81. The number of pyridine rings is 2. The van der Waals surface area contributed by atoms with Gasteiger partial charge < -0.3 is 10.2 Å². The maximum Gasteiger partial charge on any atom is 0.268 e. The van der Waals surface area contributed by atoms with E-state index in [1.807, 2.05) is 42.5 Å². The molecule has 1 aliphatic heterocycles. The Morgan fingerprint density at radius 2 is 2.08 bits per heavy atom. The average molecular weight is 318 g/mol. The van der Waals surface area contributed by atoms with E-state index in [9.17, 15) is 4.79 Å². The van der Waals surface area contributed by atoms with Gasteiger partial charge in [0.2, 0.25) is 6.10 Å². The van der Waals surface area contributed by atoms with Crippen LogP contribution in [-0.4, -0.2) is 27.7 Å². The monoisotopic (exact) mass is 318 g/mol. The molecule has 0 spiro atoms. The Balaban J connectivity index is 1.45. The van der Waals surface area contributed by atoms with Crippen LogP contribution in [-0.2, 0) is 9.63 Å². The molecule has 118 valence electrons. The summed E-state index contributed by atoms with van der Waals surface area (Å²) in [6, 6.07) is 13.1. The highest BCUT2D eigenvalue weighted by molar-refractivity contribution is 6.06. The van der Waals surface area contributed by atoms with Crippen LogP contribution in [0.3, 0.4) is 0 Å². The molecule has 0 unspecified atom stereocenters. The molecule has 3 heterocycles. The number of nitrogens with zero attached hydrogens (tertiary/aromatic N) is 3. The van der Waals surface area contributed by atoms with Gasteiger partial charge in [0.25, 0.3) is 5.91 Å². The summed E-state index contributed by atoms with van der Waals surface area (Å²) in [5, 5.41) is 7.84. The Labute approximate surface area is 138 Å². The Kier molecular flexibility index (Phi) is 3.63. The second-order valence-electron chi connectivity index (χ2n) is 5.48. The van der Waals surface area contributed by atoms with Crippen LogP contribution in [0.1, 0.15) is 12.0 Å². The van der Waals surface area contributed by atoms with Crippen molar-refractivity contribution in [2.45, 2.75) is 12.5 Å². The number of anilines is 1. The summed E-state index contributed by atoms with van der Waals surface area (Å²) >= 11 is 0. The highest BCUT2D eigenvalue weighted by Gasteiger charge is 2.29. The molecule has 1 aromatic carbocycles. The molecule has 6 heteroatoms. The van der Waals surface area contributed by atoms with Crippen molar-refractivity contribution in [2.24, 2.45) is 5.16 Å². The standard InChI is InChI=1S/C18H14N4O2/c23-18(17-10-16(22-24-17)13-4-1-7-19-11-13)21-14-5-6-15-12(9-14)3-2-8-20-15/h1-9,11,17H,10H2,(H,21,23)/t17-/m0/s1. The summed E-state index contributed by atoms with van der Waals surface area (Å²) in [7, 11) is 0. The van der Waals surface area contributed by atoms with E-state index in [0.29, 0.717) is 12.1 Å². The van der Waals surface area contributed by atoms with Gasteiger partial charge in [-0.25, -0.2) is 0 Å². The number of benzene rings is 1. The Morgan fingerprint density at radius 1 is 1.17 bits per heavy atom. The van der Waals surface area contributed by atoms with Crippen LogP contribution in [0.5, 0.6) is 0 Å². The number of oxime groups is 1. The smallest absolute Gasteiger partial charge is 0.268 e. The zero-order valence-corrected chi connectivity index (χ0v) is 12.7. The van der Waals surface area contributed by atoms with E-state index >= 15 is 0 Å². The fourth-order valence-corrected chi connectivity index (χ4v) is 2.60. The van der Waals surface area contributed by atoms with Crippen molar-refractivity contribution < 1.29 is 9.63 Å². The molecule has 1 aliphatic rings. The zero-order chi connectivity index (χ0) is 16.4. The van der Waals surface area contributed by atoms with Crippen molar-refractivity contribution in [1.29, 1.82) is 0 Å². The minimum atomic E-state index is -0.634. The van der Waals surface area contributed by atoms with Crippen LogP contribution >= 0.6 is 0 Å². The summed E-state index contributed by atoms with van der Waals surface area (Å²) in [4.78, 5) is 26.0. The molecule has 1 N–H and O–H groups in total. The molecule has 0 aliphatic carbocycles. The van der Waals surface area contributed by atoms with Crippen LogP contribution < -0.4 is 5.32 Å². The van der Waals surface area contributed by atoms with E-state index in [4.69, 9.17) is 4.84 Å². The highest BCUT2D eigenvalue weighted by atomic mass is 16.6. The number of hydrogen-bond donors (Lipinski definition) is 1. The third-order valence-electron chi connectivity index (χ3n) is 3.83. The predicted octanol–water partition coefficient (Wildman–Crippen LogP) is 2.76. The molecule has 0 saturated carbocycles. The lowest BCUT2D eigenvalue weighted by molar-refractivity contribution is -0.125. The largest absolute Gasteiger partial charge is 0.382 e. The van der Waals surface area contributed by atoms with E-state index in [1.165, 1.54) is 0 Å². The fraction of sp³-hybridized carbons (Fsp3) is 0.111. The van der Waals surface area contributed by atoms with Crippen LogP contribution in [0.25, 0.3) is 10.9 Å². The van der Waals surface area contributed by atoms with Gasteiger partial charge in [0.05, 0.1) is 11.2 Å². The van der Waals surface area contributed by atoms with Crippen molar-refractivity contribution in [2.75, 3.05) is 5.32 Å². The number of fused-ring (bicyclic) bond motifs is 1. The SMILES string of the molecule is O=C(Nc1ccc2ncccc2c1)[C@@H]1CC(c2cccnc2)=NO1. The van der Waals surface area contributed by atoms with E-state index in [2.05, 4.69) is 20.4 Å². The van der Waals surface area contributed by atoms with Crippen molar-refractivity contribution in [3.63, 3.8) is 0 Å². The number of amides is 1. The summed E-state index contributed by atoms with van der Waals surface area (Å²) in [6.07, 6.45) is 4.93. The lowest BCUT2D eigenvalue weighted by atomic mass is 10.1. The van der Waals surface area contributed by atoms with Crippen molar-refractivity contribution in [3.8, 4) is 0 Å². The van der Waals surface area contributed by atoms with E-state index < -0.39 is 6.10 Å². The minimum absolute atomic E-state index is 0.221. The molecular weight excluding hydrogens is 304 g/mol. The molecule has 0 bridgehead atoms. The summed E-state index contributed by atoms with van der Waals surface area (Å²) in [5.41, 5.74) is 3.18. The molecule has 24 heavy (non-hydrogen) atoms. The van der Waals surface area contributed by atoms with Gasteiger partial charge in [-0.2, -0.15) is 0 Å². The van der Waals surface area contributed by atoms with Crippen molar-refractivity contribution >= 4 is 28.2 Å². The molecule has 1 atom stereocenters. The molecule has 2 aromatic heterocycles.